The zero-order chi connectivity index (χ0) is 14.7. The Balaban J connectivity index is 2.51. The molecule has 20 heavy (non-hydrogen) atoms. The molecular weight excluding hydrogens is 256 g/mol. The standard InChI is InChI=1S/C15H20N2O3/c1-17(2)9-12-11-7-10(19-3)5-6-13(11)16-14(12)8-15(18)20-4/h5-7,16H,8-9H2,1-4H3. The van der Waals surface area contributed by atoms with E-state index < -0.39 is 0 Å². The van der Waals surface area contributed by atoms with E-state index in [4.69, 9.17) is 9.47 Å². The van der Waals surface area contributed by atoms with Crippen LogP contribution in [0.5, 0.6) is 5.75 Å². The lowest BCUT2D eigenvalue weighted by molar-refractivity contribution is -0.139. The van der Waals surface area contributed by atoms with Crippen molar-refractivity contribution in [3.05, 3.63) is 29.5 Å². The molecule has 0 radical (unpaired) electrons. The number of ether oxygens (including phenoxy) is 2. The number of hydrogen-bond donors (Lipinski definition) is 1. The fourth-order valence-electron chi connectivity index (χ4n) is 2.27. The van der Waals surface area contributed by atoms with Gasteiger partial charge in [-0.3, -0.25) is 4.79 Å². The summed E-state index contributed by atoms with van der Waals surface area (Å²) in [6.07, 6.45) is 0.247. The van der Waals surface area contributed by atoms with Crippen LogP contribution in [0.3, 0.4) is 0 Å². The summed E-state index contributed by atoms with van der Waals surface area (Å²) in [6.45, 7) is 0.749. The molecule has 5 nitrogen and oxygen atoms in total. The zero-order valence-electron chi connectivity index (χ0n) is 12.3. The number of carbonyl (C=O) groups excluding carboxylic acids is 1. The Labute approximate surface area is 118 Å². The second kappa shape index (κ2) is 5.96. The molecule has 0 amide bonds. The van der Waals surface area contributed by atoms with Gasteiger partial charge in [0.05, 0.1) is 20.6 Å². The summed E-state index contributed by atoms with van der Waals surface area (Å²) in [5.41, 5.74) is 3.00. The molecule has 0 aliphatic carbocycles. The molecule has 2 aromatic rings. The highest BCUT2D eigenvalue weighted by molar-refractivity contribution is 5.87. The Bertz CT molecular complexity index is 617. The minimum atomic E-state index is -0.247. The van der Waals surface area contributed by atoms with Crippen molar-refractivity contribution in [2.75, 3.05) is 28.3 Å². The maximum Gasteiger partial charge on any atom is 0.311 e. The lowest BCUT2D eigenvalue weighted by Gasteiger charge is -2.11. The summed E-state index contributed by atoms with van der Waals surface area (Å²) >= 11 is 0. The molecule has 108 valence electrons. The summed E-state index contributed by atoms with van der Waals surface area (Å²) in [5.74, 6) is 0.560. The number of esters is 1. The number of carbonyl (C=O) groups is 1. The van der Waals surface area contributed by atoms with Crippen molar-refractivity contribution in [2.24, 2.45) is 0 Å². The van der Waals surface area contributed by atoms with Crippen LogP contribution in [-0.2, 0) is 22.5 Å². The van der Waals surface area contributed by atoms with Crippen LogP contribution in [0.15, 0.2) is 18.2 Å². The number of nitrogens with zero attached hydrogens (tertiary/aromatic N) is 1. The van der Waals surface area contributed by atoms with E-state index in [0.29, 0.717) is 0 Å². The molecule has 2 rings (SSSR count). The van der Waals surface area contributed by atoms with Gasteiger partial charge in [0.25, 0.3) is 0 Å². The summed E-state index contributed by atoms with van der Waals surface area (Å²) in [5, 5.41) is 1.08. The quantitative estimate of drug-likeness (QED) is 0.848. The molecular formula is C15H20N2O3. The van der Waals surface area contributed by atoms with Crippen molar-refractivity contribution in [2.45, 2.75) is 13.0 Å². The third-order valence-corrected chi connectivity index (χ3v) is 3.22. The lowest BCUT2D eigenvalue weighted by atomic mass is 10.1. The van der Waals surface area contributed by atoms with Crippen LogP contribution >= 0.6 is 0 Å². The van der Waals surface area contributed by atoms with Crippen LogP contribution in [0.2, 0.25) is 0 Å². The monoisotopic (exact) mass is 276 g/mol. The summed E-state index contributed by atoms with van der Waals surface area (Å²) in [7, 11) is 7.05. The highest BCUT2D eigenvalue weighted by atomic mass is 16.5. The number of H-pyrrole nitrogens is 1. The highest BCUT2D eigenvalue weighted by Gasteiger charge is 2.16. The normalized spacial score (nSPS) is 11.1. The number of aromatic amines is 1. The Morgan fingerprint density at radius 1 is 1.30 bits per heavy atom. The average Bonchev–Trinajstić information content (AvgIpc) is 2.75. The number of nitrogens with one attached hydrogen (secondary N) is 1. The van der Waals surface area contributed by atoms with E-state index in [1.54, 1.807) is 7.11 Å². The molecule has 0 unspecified atom stereocenters. The minimum absolute atomic E-state index is 0.247. The fourth-order valence-corrected chi connectivity index (χ4v) is 2.27. The van der Waals surface area contributed by atoms with E-state index in [9.17, 15) is 4.79 Å². The van der Waals surface area contributed by atoms with Gasteiger partial charge in [-0.25, -0.2) is 0 Å². The molecule has 0 bridgehead atoms. The second-order valence-electron chi connectivity index (χ2n) is 4.98. The zero-order valence-corrected chi connectivity index (χ0v) is 12.3. The summed E-state index contributed by atoms with van der Waals surface area (Å²) in [4.78, 5) is 16.9. The Hall–Kier alpha value is -2.01. The van der Waals surface area contributed by atoms with E-state index in [2.05, 4.69) is 9.88 Å². The smallest absolute Gasteiger partial charge is 0.311 e. The van der Waals surface area contributed by atoms with Crippen molar-refractivity contribution in [1.29, 1.82) is 0 Å². The van der Waals surface area contributed by atoms with E-state index >= 15 is 0 Å². The molecule has 0 saturated heterocycles. The third-order valence-electron chi connectivity index (χ3n) is 3.22. The van der Waals surface area contributed by atoms with Gasteiger partial charge in [0, 0.05) is 23.1 Å². The number of rotatable bonds is 5. The number of hydrogen-bond acceptors (Lipinski definition) is 4. The van der Waals surface area contributed by atoms with Crippen LogP contribution in [0, 0.1) is 0 Å². The van der Waals surface area contributed by atoms with Gasteiger partial charge in [0.15, 0.2) is 0 Å². The minimum Gasteiger partial charge on any atom is -0.497 e. The molecule has 0 aliphatic rings. The van der Waals surface area contributed by atoms with Gasteiger partial charge in [0.1, 0.15) is 5.75 Å². The van der Waals surface area contributed by atoms with Crippen LogP contribution < -0.4 is 4.74 Å². The topological polar surface area (TPSA) is 54.6 Å². The van der Waals surface area contributed by atoms with E-state index in [1.165, 1.54) is 7.11 Å². The average molecular weight is 276 g/mol. The van der Waals surface area contributed by atoms with E-state index in [-0.39, 0.29) is 12.4 Å². The molecule has 0 atom stereocenters. The van der Waals surface area contributed by atoms with Crippen molar-refractivity contribution in [3.63, 3.8) is 0 Å². The second-order valence-corrected chi connectivity index (χ2v) is 4.98. The molecule has 5 heteroatoms. The van der Waals surface area contributed by atoms with Gasteiger partial charge in [-0.2, -0.15) is 0 Å². The molecule has 1 heterocycles. The van der Waals surface area contributed by atoms with Crippen LogP contribution in [0.25, 0.3) is 10.9 Å². The number of fused-ring (bicyclic) bond motifs is 1. The molecule has 1 N–H and O–H groups in total. The van der Waals surface area contributed by atoms with Gasteiger partial charge in [0.2, 0.25) is 0 Å². The first-order chi connectivity index (χ1) is 9.55. The molecule has 0 aliphatic heterocycles. The Morgan fingerprint density at radius 3 is 2.65 bits per heavy atom. The van der Waals surface area contributed by atoms with E-state index in [0.717, 1.165) is 34.5 Å². The molecule has 1 aromatic carbocycles. The van der Waals surface area contributed by atoms with Crippen molar-refractivity contribution < 1.29 is 14.3 Å². The van der Waals surface area contributed by atoms with E-state index in [1.807, 2.05) is 32.3 Å². The maximum absolute atomic E-state index is 11.5. The maximum atomic E-state index is 11.5. The third kappa shape index (κ3) is 2.93. The molecule has 0 spiro atoms. The Kier molecular flexibility index (Phi) is 4.29. The SMILES string of the molecule is COC(=O)Cc1[nH]c2ccc(OC)cc2c1CN(C)C. The predicted octanol–water partition coefficient (Wildman–Crippen LogP) is 1.95. The fraction of sp³-hybridized carbons (Fsp3) is 0.400. The molecule has 1 aromatic heterocycles. The van der Waals surface area contributed by atoms with Crippen LogP contribution in [0.4, 0.5) is 0 Å². The summed E-state index contributed by atoms with van der Waals surface area (Å²) < 4.78 is 10.0. The number of benzene rings is 1. The first kappa shape index (κ1) is 14.4. The highest BCUT2D eigenvalue weighted by Crippen LogP contribution is 2.27. The number of methoxy groups -OCH3 is 2. The van der Waals surface area contributed by atoms with Gasteiger partial charge in [-0.15, -0.1) is 0 Å². The predicted molar refractivity (Wildman–Crippen MR) is 78.0 cm³/mol. The first-order valence-electron chi connectivity index (χ1n) is 6.44. The first-order valence-corrected chi connectivity index (χ1v) is 6.44. The number of aromatic nitrogens is 1. The lowest BCUT2D eigenvalue weighted by Crippen LogP contribution is -2.13. The van der Waals surface area contributed by atoms with Gasteiger partial charge in [-0.1, -0.05) is 0 Å². The van der Waals surface area contributed by atoms with Crippen molar-refractivity contribution in [3.8, 4) is 5.75 Å². The largest absolute Gasteiger partial charge is 0.497 e. The summed E-state index contributed by atoms with van der Waals surface area (Å²) in [6, 6.07) is 5.86. The Morgan fingerprint density at radius 2 is 2.05 bits per heavy atom. The van der Waals surface area contributed by atoms with Crippen molar-refractivity contribution >= 4 is 16.9 Å². The van der Waals surface area contributed by atoms with Gasteiger partial charge in [-0.05, 0) is 37.9 Å². The van der Waals surface area contributed by atoms with Crippen molar-refractivity contribution in [1.82, 2.24) is 9.88 Å². The van der Waals surface area contributed by atoms with Gasteiger partial charge < -0.3 is 19.4 Å². The van der Waals surface area contributed by atoms with Gasteiger partial charge >= 0.3 is 5.97 Å². The van der Waals surface area contributed by atoms with Crippen LogP contribution in [0.1, 0.15) is 11.3 Å². The molecule has 0 fully saturated rings. The van der Waals surface area contributed by atoms with Crippen LogP contribution in [-0.4, -0.2) is 44.2 Å². The molecule has 0 saturated carbocycles.